The number of rotatable bonds is 5. The quantitative estimate of drug-likeness (QED) is 0.532. The van der Waals surface area contributed by atoms with Crippen molar-refractivity contribution in [3.63, 3.8) is 0 Å². The lowest BCUT2D eigenvalue weighted by atomic mass is 9.93. The zero-order valence-corrected chi connectivity index (χ0v) is 8.10. The van der Waals surface area contributed by atoms with Gasteiger partial charge in [0.1, 0.15) is 0 Å². The Bertz CT molecular complexity index is 307. The normalized spacial score (nSPS) is 12.8. The first kappa shape index (κ1) is 10.5. The van der Waals surface area contributed by atoms with Gasteiger partial charge in [-0.1, -0.05) is 19.1 Å². The van der Waals surface area contributed by atoms with Crippen LogP contribution in [0.4, 0.5) is 0 Å². The Morgan fingerprint density at radius 1 is 1.57 bits per heavy atom. The molecule has 0 fully saturated rings. The molecule has 0 aliphatic heterocycles. The molecule has 1 heterocycles. The summed E-state index contributed by atoms with van der Waals surface area (Å²) in [5.74, 6) is -0.482. The third-order valence-electron chi connectivity index (χ3n) is 1.84. The van der Waals surface area contributed by atoms with Crippen LogP contribution in [0.25, 0.3) is 0 Å². The Labute approximate surface area is 81.1 Å². The molecule has 0 aliphatic carbocycles. The fourth-order valence-electron chi connectivity index (χ4n) is 1.22. The van der Waals surface area contributed by atoms with Crippen LogP contribution in [0.5, 0.6) is 0 Å². The maximum absolute atomic E-state index is 11.3. The summed E-state index contributed by atoms with van der Waals surface area (Å²) >= 11 is 0. The van der Waals surface area contributed by atoms with E-state index >= 15 is 0 Å². The fourth-order valence-corrected chi connectivity index (χ4v) is 1.22. The number of hydrogen-bond acceptors (Lipinski definition) is 5. The van der Waals surface area contributed by atoms with Crippen molar-refractivity contribution in [3.8, 4) is 0 Å². The standard InChI is InChI=1S/C8H12N4O2/c1-5(2)3-6(7(14)4-13)8-9-11-12-10-8/h4-6H,3H2,1-2H3,(H,9,10,11,12). The minimum absolute atomic E-state index is 0.288. The van der Waals surface area contributed by atoms with Crippen LogP contribution >= 0.6 is 0 Å². The Morgan fingerprint density at radius 3 is 2.71 bits per heavy atom. The molecule has 1 aromatic rings. The van der Waals surface area contributed by atoms with Crippen molar-refractivity contribution in [2.75, 3.05) is 0 Å². The highest BCUT2D eigenvalue weighted by Crippen LogP contribution is 2.20. The Hall–Kier alpha value is -1.59. The van der Waals surface area contributed by atoms with E-state index < -0.39 is 11.7 Å². The van der Waals surface area contributed by atoms with Crippen molar-refractivity contribution in [1.82, 2.24) is 20.6 Å². The zero-order chi connectivity index (χ0) is 10.6. The molecule has 0 amide bonds. The van der Waals surface area contributed by atoms with Gasteiger partial charge in [-0.05, 0) is 12.3 Å². The number of aldehydes is 1. The van der Waals surface area contributed by atoms with E-state index in [-0.39, 0.29) is 5.82 Å². The zero-order valence-electron chi connectivity index (χ0n) is 8.10. The number of aromatic nitrogens is 4. The van der Waals surface area contributed by atoms with Crippen molar-refractivity contribution in [3.05, 3.63) is 5.82 Å². The number of H-pyrrole nitrogens is 1. The van der Waals surface area contributed by atoms with Gasteiger partial charge < -0.3 is 0 Å². The highest BCUT2D eigenvalue weighted by Gasteiger charge is 2.24. The van der Waals surface area contributed by atoms with Gasteiger partial charge >= 0.3 is 0 Å². The second-order valence-corrected chi connectivity index (χ2v) is 3.47. The van der Waals surface area contributed by atoms with E-state index in [2.05, 4.69) is 20.6 Å². The van der Waals surface area contributed by atoms with E-state index in [0.29, 0.717) is 18.6 Å². The smallest absolute Gasteiger partial charge is 0.205 e. The predicted octanol–water partition coefficient (Wildman–Crippen LogP) is 0.0974. The van der Waals surface area contributed by atoms with Crippen molar-refractivity contribution in [2.45, 2.75) is 26.2 Å². The van der Waals surface area contributed by atoms with Crippen LogP contribution in [0, 0.1) is 5.92 Å². The lowest BCUT2D eigenvalue weighted by Crippen LogP contribution is -2.17. The number of hydrogen-bond donors (Lipinski definition) is 1. The van der Waals surface area contributed by atoms with Crippen LogP contribution in [0.15, 0.2) is 0 Å². The highest BCUT2D eigenvalue weighted by molar-refractivity contribution is 6.27. The first-order valence-electron chi connectivity index (χ1n) is 4.37. The van der Waals surface area contributed by atoms with Crippen LogP contribution < -0.4 is 0 Å². The maximum Gasteiger partial charge on any atom is 0.205 e. The molecule has 0 aliphatic rings. The number of nitrogens with one attached hydrogen (secondary N) is 1. The molecular formula is C8H12N4O2. The molecule has 6 heteroatoms. The van der Waals surface area contributed by atoms with E-state index in [0.717, 1.165) is 0 Å². The molecule has 0 saturated heterocycles. The monoisotopic (exact) mass is 196 g/mol. The summed E-state index contributed by atoms with van der Waals surface area (Å²) in [5.41, 5.74) is 0. The lowest BCUT2D eigenvalue weighted by Gasteiger charge is -2.10. The summed E-state index contributed by atoms with van der Waals surface area (Å²) in [6.07, 6.45) is 0.862. The van der Waals surface area contributed by atoms with Gasteiger partial charge in [0.15, 0.2) is 12.1 Å². The first-order valence-corrected chi connectivity index (χ1v) is 4.37. The molecule has 76 valence electrons. The number of carbonyl (C=O) groups is 2. The largest absolute Gasteiger partial charge is 0.295 e. The Balaban J connectivity index is 2.82. The summed E-state index contributed by atoms with van der Waals surface area (Å²) in [7, 11) is 0. The molecule has 1 rings (SSSR count). The maximum atomic E-state index is 11.3. The van der Waals surface area contributed by atoms with Crippen LogP contribution in [0.2, 0.25) is 0 Å². The Kier molecular flexibility index (Phi) is 3.44. The van der Waals surface area contributed by atoms with Gasteiger partial charge in [-0.3, -0.25) is 9.59 Å². The third-order valence-corrected chi connectivity index (χ3v) is 1.84. The second kappa shape index (κ2) is 4.59. The average molecular weight is 196 g/mol. The van der Waals surface area contributed by atoms with Crippen molar-refractivity contribution >= 4 is 12.1 Å². The predicted molar refractivity (Wildman–Crippen MR) is 47.4 cm³/mol. The van der Waals surface area contributed by atoms with Crippen molar-refractivity contribution in [2.24, 2.45) is 5.92 Å². The first-order chi connectivity index (χ1) is 6.65. The number of nitrogens with zero attached hydrogens (tertiary/aromatic N) is 3. The third kappa shape index (κ3) is 2.45. The molecule has 1 atom stereocenters. The molecule has 1 unspecified atom stereocenters. The minimum Gasteiger partial charge on any atom is -0.295 e. The molecule has 14 heavy (non-hydrogen) atoms. The van der Waals surface area contributed by atoms with E-state index in [9.17, 15) is 9.59 Å². The van der Waals surface area contributed by atoms with Crippen LogP contribution in [0.1, 0.15) is 32.0 Å². The van der Waals surface area contributed by atoms with Gasteiger partial charge in [0.05, 0.1) is 5.92 Å². The van der Waals surface area contributed by atoms with Crippen molar-refractivity contribution < 1.29 is 9.59 Å². The SMILES string of the molecule is CC(C)CC(C(=O)C=O)c1nn[nH]n1. The summed E-state index contributed by atoms with van der Waals surface area (Å²) < 4.78 is 0. The molecule has 0 saturated carbocycles. The van der Waals surface area contributed by atoms with Gasteiger partial charge in [-0.2, -0.15) is 5.21 Å². The number of carbonyl (C=O) groups excluding carboxylic acids is 2. The van der Waals surface area contributed by atoms with Gasteiger partial charge in [0, 0.05) is 0 Å². The van der Waals surface area contributed by atoms with Gasteiger partial charge in [0.2, 0.25) is 5.78 Å². The molecule has 6 nitrogen and oxygen atoms in total. The van der Waals surface area contributed by atoms with Gasteiger partial charge in [-0.15, -0.1) is 10.2 Å². The summed E-state index contributed by atoms with van der Waals surface area (Å²) in [6.45, 7) is 3.93. The van der Waals surface area contributed by atoms with E-state index in [1.54, 1.807) is 0 Å². The van der Waals surface area contributed by atoms with Crippen LogP contribution in [-0.4, -0.2) is 32.7 Å². The molecule has 0 spiro atoms. The number of Topliss-reactive ketones (excluding diaryl/α,β-unsaturated/α-hetero) is 1. The van der Waals surface area contributed by atoms with Crippen LogP contribution in [0.3, 0.4) is 0 Å². The number of aromatic amines is 1. The molecule has 1 aromatic heterocycles. The minimum atomic E-state index is -0.564. The number of tetrazole rings is 1. The average Bonchev–Trinajstić information content (AvgIpc) is 2.65. The summed E-state index contributed by atoms with van der Waals surface area (Å²) in [4.78, 5) is 21.6. The van der Waals surface area contributed by atoms with E-state index in [4.69, 9.17) is 0 Å². The van der Waals surface area contributed by atoms with Crippen molar-refractivity contribution in [1.29, 1.82) is 0 Å². The molecule has 0 radical (unpaired) electrons. The summed E-state index contributed by atoms with van der Waals surface area (Å²) in [5, 5.41) is 13.0. The van der Waals surface area contributed by atoms with Gasteiger partial charge in [0.25, 0.3) is 0 Å². The second-order valence-electron chi connectivity index (χ2n) is 3.47. The van der Waals surface area contributed by atoms with E-state index in [1.165, 1.54) is 0 Å². The van der Waals surface area contributed by atoms with E-state index in [1.807, 2.05) is 13.8 Å². The lowest BCUT2D eigenvalue weighted by molar-refractivity contribution is -0.131. The molecule has 0 bridgehead atoms. The molecule has 0 aromatic carbocycles. The van der Waals surface area contributed by atoms with Crippen LogP contribution in [-0.2, 0) is 9.59 Å². The number of ketones is 1. The summed E-state index contributed by atoms with van der Waals surface area (Å²) in [6, 6.07) is 0. The highest BCUT2D eigenvalue weighted by atomic mass is 16.2. The molecular weight excluding hydrogens is 184 g/mol. The Morgan fingerprint density at radius 2 is 2.29 bits per heavy atom. The fraction of sp³-hybridized carbons (Fsp3) is 0.625. The van der Waals surface area contributed by atoms with Gasteiger partial charge in [-0.25, -0.2) is 0 Å². The molecule has 1 N–H and O–H groups in total. The topological polar surface area (TPSA) is 88.6 Å².